The average Bonchev–Trinajstić information content (AvgIpc) is 2.29. The van der Waals surface area contributed by atoms with Crippen molar-refractivity contribution in [2.75, 3.05) is 13.7 Å². The standard InChI is InChI=1S/C12H25NO2/c1-4-12(2,9-14)13-10-6-5-7-11(8-10)15-3/h10-11,13-14H,4-9H2,1-3H3. The summed E-state index contributed by atoms with van der Waals surface area (Å²) < 4.78 is 5.40. The van der Waals surface area contributed by atoms with Gasteiger partial charge in [0.05, 0.1) is 12.7 Å². The van der Waals surface area contributed by atoms with E-state index in [1.807, 2.05) is 0 Å². The highest BCUT2D eigenvalue weighted by molar-refractivity contribution is 4.88. The summed E-state index contributed by atoms with van der Waals surface area (Å²) in [4.78, 5) is 0. The molecule has 1 fully saturated rings. The lowest BCUT2D eigenvalue weighted by Crippen LogP contribution is -2.52. The number of aliphatic hydroxyl groups is 1. The van der Waals surface area contributed by atoms with Gasteiger partial charge >= 0.3 is 0 Å². The zero-order valence-corrected chi connectivity index (χ0v) is 10.3. The van der Waals surface area contributed by atoms with E-state index in [4.69, 9.17) is 4.74 Å². The molecule has 0 amide bonds. The van der Waals surface area contributed by atoms with E-state index in [-0.39, 0.29) is 12.1 Å². The van der Waals surface area contributed by atoms with Gasteiger partial charge in [-0.3, -0.25) is 0 Å². The Morgan fingerprint density at radius 2 is 2.20 bits per heavy atom. The predicted octanol–water partition coefficient (Wildman–Crippen LogP) is 1.69. The highest BCUT2D eigenvalue weighted by Gasteiger charge is 2.28. The predicted molar refractivity (Wildman–Crippen MR) is 62.0 cm³/mol. The minimum absolute atomic E-state index is 0.125. The lowest BCUT2D eigenvalue weighted by atomic mass is 9.89. The lowest BCUT2D eigenvalue weighted by molar-refractivity contribution is 0.0475. The quantitative estimate of drug-likeness (QED) is 0.733. The summed E-state index contributed by atoms with van der Waals surface area (Å²) in [6.07, 6.45) is 6.04. The van der Waals surface area contributed by atoms with E-state index in [2.05, 4.69) is 19.2 Å². The van der Waals surface area contributed by atoms with Crippen LogP contribution in [0.15, 0.2) is 0 Å². The summed E-state index contributed by atoms with van der Waals surface area (Å²) in [5.74, 6) is 0. The minimum atomic E-state index is -0.125. The van der Waals surface area contributed by atoms with Crippen LogP contribution >= 0.6 is 0 Å². The molecule has 3 nitrogen and oxygen atoms in total. The Morgan fingerprint density at radius 1 is 1.47 bits per heavy atom. The van der Waals surface area contributed by atoms with Gasteiger partial charge in [0.2, 0.25) is 0 Å². The minimum Gasteiger partial charge on any atom is -0.394 e. The molecule has 1 aliphatic rings. The van der Waals surface area contributed by atoms with Crippen LogP contribution < -0.4 is 5.32 Å². The Bertz CT molecular complexity index is 180. The van der Waals surface area contributed by atoms with Gasteiger partial charge in [-0.15, -0.1) is 0 Å². The van der Waals surface area contributed by atoms with E-state index in [9.17, 15) is 5.11 Å². The van der Waals surface area contributed by atoms with Gasteiger partial charge in [0.25, 0.3) is 0 Å². The third kappa shape index (κ3) is 3.74. The van der Waals surface area contributed by atoms with Crippen molar-refractivity contribution in [3.8, 4) is 0 Å². The van der Waals surface area contributed by atoms with Gasteiger partial charge in [0.1, 0.15) is 0 Å². The molecular formula is C12H25NO2. The molecule has 0 aromatic rings. The second kappa shape index (κ2) is 5.83. The van der Waals surface area contributed by atoms with Crippen LogP contribution in [-0.2, 0) is 4.74 Å². The number of hydrogen-bond acceptors (Lipinski definition) is 3. The molecule has 1 rings (SSSR count). The van der Waals surface area contributed by atoms with E-state index >= 15 is 0 Å². The van der Waals surface area contributed by atoms with Crippen LogP contribution in [0.5, 0.6) is 0 Å². The molecule has 0 saturated heterocycles. The summed E-state index contributed by atoms with van der Waals surface area (Å²) in [6, 6.07) is 0.501. The van der Waals surface area contributed by atoms with Crippen molar-refractivity contribution in [2.45, 2.75) is 63.6 Å². The SMILES string of the molecule is CCC(C)(CO)NC1CCCC(OC)C1. The second-order valence-electron chi connectivity index (χ2n) is 4.94. The van der Waals surface area contributed by atoms with Crippen LogP contribution in [0.2, 0.25) is 0 Å². The Hall–Kier alpha value is -0.120. The number of hydrogen-bond donors (Lipinski definition) is 2. The van der Waals surface area contributed by atoms with Crippen LogP contribution in [-0.4, -0.2) is 36.5 Å². The average molecular weight is 215 g/mol. The first-order valence-corrected chi connectivity index (χ1v) is 6.05. The fourth-order valence-electron chi connectivity index (χ4n) is 2.24. The highest BCUT2D eigenvalue weighted by Crippen LogP contribution is 2.23. The van der Waals surface area contributed by atoms with Gasteiger partial charge in [-0.1, -0.05) is 6.92 Å². The summed E-state index contributed by atoms with van der Waals surface area (Å²) >= 11 is 0. The van der Waals surface area contributed by atoms with Crippen molar-refractivity contribution in [3.05, 3.63) is 0 Å². The molecule has 0 radical (unpaired) electrons. The van der Waals surface area contributed by atoms with Crippen LogP contribution in [0.3, 0.4) is 0 Å². The number of rotatable bonds is 5. The maximum atomic E-state index is 9.35. The highest BCUT2D eigenvalue weighted by atomic mass is 16.5. The third-order valence-corrected chi connectivity index (χ3v) is 3.64. The van der Waals surface area contributed by atoms with Gasteiger partial charge in [-0.25, -0.2) is 0 Å². The fourth-order valence-corrected chi connectivity index (χ4v) is 2.24. The van der Waals surface area contributed by atoms with Gasteiger partial charge in [-0.2, -0.15) is 0 Å². The van der Waals surface area contributed by atoms with Crippen molar-refractivity contribution >= 4 is 0 Å². The van der Waals surface area contributed by atoms with E-state index in [1.165, 1.54) is 19.3 Å². The van der Waals surface area contributed by atoms with Crippen LogP contribution in [0.4, 0.5) is 0 Å². The second-order valence-corrected chi connectivity index (χ2v) is 4.94. The zero-order chi connectivity index (χ0) is 11.3. The van der Waals surface area contributed by atoms with Crippen molar-refractivity contribution < 1.29 is 9.84 Å². The molecule has 3 unspecified atom stereocenters. The Morgan fingerprint density at radius 3 is 2.73 bits per heavy atom. The smallest absolute Gasteiger partial charge is 0.0610 e. The van der Waals surface area contributed by atoms with E-state index in [0.29, 0.717) is 12.1 Å². The molecule has 1 saturated carbocycles. The first-order valence-electron chi connectivity index (χ1n) is 6.05. The fraction of sp³-hybridized carbons (Fsp3) is 1.00. The molecule has 0 spiro atoms. The van der Waals surface area contributed by atoms with Gasteiger partial charge in [0, 0.05) is 18.7 Å². The van der Waals surface area contributed by atoms with Crippen LogP contribution in [0.1, 0.15) is 46.0 Å². The monoisotopic (exact) mass is 215 g/mol. The molecule has 0 aliphatic heterocycles. The molecule has 0 aromatic heterocycles. The molecule has 3 heteroatoms. The molecule has 2 N–H and O–H groups in total. The number of nitrogens with one attached hydrogen (secondary N) is 1. The summed E-state index contributed by atoms with van der Waals surface area (Å²) in [5.41, 5.74) is -0.125. The van der Waals surface area contributed by atoms with Crippen molar-refractivity contribution in [2.24, 2.45) is 0 Å². The van der Waals surface area contributed by atoms with E-state index < -0.39 is 0 Å². The molecular weight excluding hydrogens is 190 g/mol. The van der Waals surface area contributed by atoms with Crippen molar-refractivity contribution in [3.63, 3.8) is 0 Å². The maximum absolute atomic E-state index is 9.35. The van der Waals surface area contributed by atoms with Crippen LogP contribution in [0.25, 0.3) is 0 Å². The Kier molecular flexibility index (Phi) is 5.03. The number of aliphatic hydroxyl groups excluding tert-OH is 1. The third-order valence-electron chi connectivity index (χ3n) is 3.64. The molecule has 1 aliphatic carbocycles. The van der Waals surface area contributed by atoms with Gasteiger partial charge in [-0.05, 0) is 39.0 Å². The summed E-state index contributed by atoms with van der Waals surface area (Å²) in [7, 11) is 1.79. The largest absolute Gasteiger partial charge is 0.394 e. The number of methoxy groups -OCH3 is 1. The first kappa shape index (κ1) is 12.9. The van der Waals surface area contributed by atoms with Gasteiger partial charge < -0.3 is 15.2 Å². The molecule has 0 heterocycles. The van der Waals surface area contributed by atoms with E-state index in [0.717, 1.165) is 12.8 Å². The molecule has 15 heavy (non-hydrogen) atoms. The normalized spacial score (nSPS) is 31.2. The maximum Gasteiger partial charge on any atom is 0.0610 e. The van der Waals surface area contributed by atoms with E-state index in [1.54, 1.807) is 7.11 Å². The summed E-state index contributed by atoms with van der Waals surface area (Å²) in [6.45, 7) is 4.40. The molecule has 3 atom stereocenters. The molecule has 0 aromatic carbocycles. The van der Waals surface area contributed by atoms with Crippen LogP contribution in [0, 0.1) is 0 Å². The van der Waals surface area contributed by atoms with Crippen molar-refractivity contribution in [1.29, 1.82) is 0 Å². The van der Waals surface area contributed by atoms with Crippen molar-refractivity contribution in [1.82, 2.24) is 5.32 Å². The topological polar surface area (TPSA) is 41.5 Å². The first-order chi connectivity index (χ1) is 7.13. The molecule has 0 bridgehead atoms. The lowest BCUT2D eigenvalue weighted by Gasteiger charge is -2.36. The van der Waals surface area contributed by atoms with Gasteiger partial charge in [0.15, 0.2) is 0 Å². The zero-order valence-electron chi connectivity index (χ0n) is 10.3. The Labute approximate surface area is 93.2 Å². The molecule has 90 valence electrons. The summed E-state index contributed by atoms with van der Waals surface area (Å²) in [5, 5.41) is 12.9. The Balaban J connectivity index is 2.43. The number of ether oxygens (including phenoxy) is 1.